The number of amides is 1. The molecule has 4 nitrogen and oxygen atoms in total. The molecule has 1 amide bonds. The Balaban J connectivity index is 2.28. The molecule has 1 atom stereocenters. The molecule has 1 aliphatic heterocycles. The van der Waals surface area contributed by atoms with Crippen molar-refractivity contribution < 1.29 is 9.53 Å². The van der Waals surface area contributed by atoms with Gasteiger partial charge in [-0.3, -0.25) is 4.79 Å². The summed E-state index contributed by atoms with van der Waals surface area (Å²) in [5.41, 5.74) is 0. The molecule has 0 aromatic rings. The molecule has 17 heavy (non-hydrogen) atoms. The van der Waals surface area contributed by atoms with Gasteiger partial charge in [0.15, 0.2) is 0 Å². The van der Waals surface area contributed by atoms with Crippen LogP contribution >= 0.6 is 0 Å². The van der Waals surface area contributed by atoms with Gasteiger partial charge in [0.05, 0.1) is 6.10 Å². The van der Waals surface area contributed by atoms with Crippen LogP contribution in [0.4, 0.5) is 0 Å². The highest BCUT2D eigenvalue weighted by molar-refractivity contribution is 5.76. The van der Waals surface area contributed by atoms with E-state index in [-0.39, 0.29) is 5.91 Å². The molecule has 0 bridgehead atoms. The van der Waals surface area contributed by atoms with E-state index in [4.69, 9.17) is 4.74 Å². The molecule has 0 aromatic heterocycles. The summed E-state index contributed by atoms with van der Waals surface area (Å²) in [6.45, 7) is 5.50. The van der Waals surface area contributed by atoms with Crippen molar-refractivity contribution in [1.82, 2.24) is 10.2 Å². The molecule has 0 aliphatic carbocycles. The highest BCUT2D eigenvalue weighted by Gasteiger charge is 2.20. The smallest absolute Gasteiger partial charge is 0.223 e. The van der Waals surface area contributed by atoms with Gasteiger partial charge in [-0.05, 0) is 32.7 Å². The molecule has 1 aliphatic rings. The lowest BCUT2D eigenvalue weighted by atomic mass is 10.2. The number of nitrogens with zero attached hydrogens (tertiary/aromatic N) is 1. The van der Waals surface area contributed by atoms with Crippen molar-refractivity contribution in [1.29, 1.82) is 0 Å². The Kier molecular flexibility index (Phi) is 7.21. The molecule has 1 heterocycles. The molecule has 1 N–H and O–H groups in total. The van der Waals surface area contributed by atoms with Crippen LogP contribution in [0.1, 0.15) is 39.0 Å². The Morgan fingerprint density at radius 3 is 2.94 bits per heavy atom. The fourth-order valence-electron chi connectivity index (χ4n) is 2.16. The molecule has 1 fully saturated rings. The predicted octanol–water partition coefficient (Wildman–Crippen LogP) is 1.40. The van der Waals surface area contributed by atoms with Crippen molar-refractivity contribution in [2.45, 2.75) is 45.1 Å². The molecule has 0 radical (unpaired) electrons. The van der Waals surface area contributed by atoms with Crippen molar-refractivity contribution in [2.75, 3.05) is 33.3 Å². The van der Waals surface area contributed by atoms with Crippen LogP contribution in [0.5, 0.6) is 0 Å². The van der Waals surface area contributed by atoms with E-state index in [9.17, 15) is 4.79 Å². The Bertz CT molecular complexity index is 221. The first-order chi connectivity index (χ1) is 8.27. The fraction of sp³-hybridized carbons (Fsp3) is 0.923. The highest BCUT2D eigenvalue weighted by atomic mass is 16.5. The lowest BCUT2D eigenvalue weighted by molar-refractivity contribution is -0.131. The molecule has 1 rings (SSSR count). The minimum absolute atomic E-state index is 0.274. The molecule has 1 saturated heterocycles. The van der Waals surface area contributed by atoms with E-state index in [0.29, 0.717) is 12.5 Å². The average Bonchev–Trinajstić information content (AvgIpc) is 2.59. The minimum atomic E-state index is 0.274. The first-order valence-electron chi connectivity index (χ1n) is 6.82. The number of nitrogens with one attached hydrogen (secondary N) is 1. The zero-order chi connectivity index (χ0) is 12.5. The monoisotopic (exact) mass is 242 g/mol. The van der Waals surface area contributed by atoms with E-state index >= 15 is 0 Å². The molecule has 4 heteroatoms. The van der Waals surface area contributed by atoms with E-state index in [1.54, 1.807) is 0 Å². The van der Waals surface area contributed by atoms with Crippen molar-refractivity contribution in [3.8, 4) is 0 Å². The third-order valence-electron chi connectivity index (χ3n) is 3.17. The lowest BCUT2D eigenvalue weighted by Crippen LogP contribution is -2.33. The van der Waals surface area contributed by atoms with Crippen molar-refractivity contribution in [2.24, 2.45) is 0 Å². The first kappa shape index (κ1) is 14.5. The number of carbonyl (C=O) groups is 1. The number of hydrogen-bond acceptors (Lipinski definition) is 3. The maximum absolute atomic E-state index is 11.9. The van der Waals surface area contributed by atoms with Crippen LogP contribution in [0.3, 0.4) is 0 Å². The summed E-state index contributed by atoms with van der Waals surface area (Å²) >= 11 is 0. The van der Waals surface area contributed by atoms with Gasteiger partial charge in [0.2, 0.25) is 5.91 Å². The third kappa shape index (κ3) is 5.50. The number of hydrogen-bond donors (Lipinski definition) is 1. The number of rotatable bonds is 6. The standard InChI is InChI=1S/C13H26N2O2/c1-3-11-17-12-5-4-9-15(10-7-12)13(16)6-8-14-2/h12,14H,3-11H2,1-2H3. The van der Waals surface area contributed by atoms with Gasteiger partial charge in [0, 0.05) is 32.7 Å². The molecule has 0 aromatic carbocycles. The van der Waals surface area contributed by atoms with E-state index < -0.39 is 0 Å². The van der Waals surface area contributed by atoms with Crippen LogP contribution in [0.2, 0.25) is 0 Å². The average molecular weight is 242 g/mol. The number of ether oxygens (including phenoxy) is 1. The van der Waals surface area contributed by atoms with Gasteiger partial charge in [0.25, 0.3) is 0 Å². The number of carbonyl (C=O) groups excluding carboxylic acids is 1. The van der Waals surface area contributed by atoms with Crippen LogP contribution in [-0.2, 0) is 9.53 Å². The quantitative estimate of drug-likeness (QED) is 0.765. The van der Waals surface area contributed by atoms with Crippen LogP contribution in [-0.4, -0.2) is 50.2 Å². The minimum Gasteiger partial charge on any atom is -0.378 e. The van der Waals surface area contributed by atoms with Crippen LogP contribution in [0.15, 0.2) is 0 Å². The summed E-state index contributed by atoms with van der Waals surface area (Å²) in [7, 11) is 1.88. The molecule has 0 saturated carbocycles. The van der Waals surface area contributed by atoms with Crippen molar-refractivity contribution in [3.63, 3.8) is 0 Å². The molecule has 1 unspecified atom stereocenters. The summed E-state index contributed by atoms with van der Waals surface area (Å²) in [4.78, 5) is 13.9. The van der Waals surface area contributed by atoms with Crippen LogP contribution in [0, 0.1) is 0 Å². The first-order valence-corrected chi connectivity index (χ1v) is 6.82. The summed E-state index contributed by atoms with van der Waals surface area (Å²) in [6.07, 6.45) is 5.19. The van der Waals surface area contributed by atoms with Crippen LogP contribution < -0.4 is 5.32 Å². The topological polar surface area (TPSA) is 41.6 Å². The Morgan fingerprint density at radius 1 is 1.41 bits per heavy atom. The zero-order valence-corrected chi connectivity index (χ0v) is 11.2. The maximum atomic E-state index is 11.9. The molecule has 0 spiro atoms. The maximum Gasteiger partial charge on any atom is 0.223 e. The van der Waals surface area contributed by atoms with Crippen molar-refractivity contribution >= 4 is 5.91 Å². The third-order valence-corrected chi connectivity index (χ3v) is 3.17. The summed E-state index contributed by atoms with van der Waals surface area (Å²) < 4.78 is 5.77. The second-order valence-corrected chi connectivity index (χ2v) is 4.66. The van der Waals surface area contributed by atoms with Gasteiger partial charge in [-0.1, -0.05) is 6.92 Å². The second kappa shape index (κ2) is 8.48. The Hall–Kier alpha value is -0.610. The van der Waals surface area contributed by atoms with Gasteiger partial charge in [-0.2, -0.15) is 0 Å². The lowest BCUT2D eigenvalue weighted by Gasteiger charge is -2.20. The van der Waals surface area contributed by atoms with Gasteiger partial charge >= 0.3 is 0 Å². The van der Waals surface area contributed by atoms with Gasteiger partial charge in [-0.25, -0.2) is 0 Å². The number of likely N-dealkylation sites (tertiary alicyclic amines) is 1. The van der Waals surface area contributed by atoms with E-state index in [1.807, 2.05) is 11.9 Å². The zero-order valence-electron chi connectivity index (χ0n) is 11.2. The second-order valence-electron chi connectivity index (χ2n) is 4.66. The SMILES string of the molecule is CCCOC1CCCN(C(=O)CCNC)CC1. The van der Waals surface area contributed by atoms with E-state index in [0.717, 1.165) is 51.9 Å². The Morgan fingerprint density at radius 2 is 2.24 bits per heavy atom. The van der Waals surface area contributed by atoms with Crippen LogP contribution in [0.25, 0.3) is 0 Å². The van der Waals surface area contributed by atoms with Gasteiger partial charge in [0.1, 0.15) is 0 Å². The highest BCUT2D eigenvalue weighted by Crippen LogP contribution is 2.15. The largest absolute Gasteiger partial charge is 0.378 e. The molecule has 100 valence electrons. The fourth-order valence-corrected chi connectivity index (χ4v) is 2.16. The van der Waals surface area contributed by atoms with E-state index in [1.165, 1.54) is 0 Å². The normalized spacial score (nSPS) is 21.3. The van der Waals surface area contributed by atoms with E-state index in [2.05, 4.69) is 12.2 Å². The molecular formula is C13H26N2O2. The van der Waals surface area contributed by atoms with Gasteiger partial charge < -0.3 is 15.0 Å². The summed E-state index contributed by atoms with van der Waals surface area (Å²) in [5, 5.41) is 3.02. The summed E-state index contributed by atoms with van der Waals surface area (Å²) in [5.74, 6) is 0.274. The van der Waals surface area contributed by atoms with Crippen molar-refractivity contribution in [3.05, 3.63) is 0 Å². The predicted molar refractivity (Wildman–Crippen MR) is 69.0 cm³/mol. The van der Waals surface area contributed by atoms with Gasteiger partial charge in [-0.15, -0.1) is 0 Å². The summed E-state index contributed by atoms with van der Waals surface area (Å²) in [6, 6.07) is 0. The molecular weight excluding hydrogens is 216 g/mol. The Labute approximate surface area is 105 Å².